The van der Waals surface area contributed by atoms with Gasteiger partial charge in [0.2, 0.25) is 0 Å². The van der Waals surface area contributed by atoms with E-state index in [0.29, 0.717) is 11.4 Å². The van der Waals surface area contributed by atoms with Crippen LogP contribution in [0.5, 0.6) is 0 Å². The molecule has 2 heterocycles. The Morgan fingerprint density at radius 1 is 1.38 bits per heavy atom. The van der Waals surface area contributed by atoms with Gasteiger partial charge < -0.3 is 5.11 Å². The maximum absolute atomic E-state index is 10.5. The second-order valence-corrected chi connectivity index (χ2v) is 6.56. The van der Waals surface area contributed by atoms with E-state index in [1.54, 1.807) is 11.3 Å². The van der Waals surface area contributed by atoms with Gasteiger partial charge in [-0.25, -0.2) is 0 Å². The van der Waals surface area contributed by atoms with Crippen molar-refractivity contribution in [1.82, 2.24) is 9.78 Å². The van der Waals surface area contributed by atoms with Crippen molar-refractivity contribution in [3.63, 3.8) is 0 Å². The Morgan fingerprint density at radius 3 is 2.86 bits per heavy atom. The maximum Gasteiger partial charge on any atom is 0.0938 e. The summed E-state index contributed by atoms with van der Waals surface area (Å²) in [6.45, 7) is 4.67. The average Bonchev–Trinajstić information content (AvgIpc) is 3.03. The largest absolute Gasteiger partial charge is 0.387 e. The smallest absolute Gasteiger partial charge is 0.0938 e. The zero-order chi connectivity index (χ0) is 15.0. The Bertz CT molecular complexity index is 745. The number of hydrogen-bond acceptors (Lipinski definition) is 3. The minimum Gasteiger partial charge on any atom is -0.387 e. The van der Waals surface area contributed by atoms with Gasteiger partial charge >= 0.3 is 0 Å². The summed E-state index contributed by atoms with van der Waals surface area (Å²) in [5, 5.41) is 16.8. The lowest BCUT2D eigenvalue weighted by atomic mass is 10.1. The summed E-state index contributed by atoms with van der Waals surface area (Å²) in [7, 11) is 0. The first-order valence-corrected chi connectivity index (χ1v) is 8.18. The molecule has 110 valence electrons. The number of benzene rings is 1. The van der Waals surface area contributed by atoms with E-state index in [9.17, 15) is 5.11 Å². The Labute approximate surface area is 132 Å². The van der Waals surface area contributed by atoms with Crippen molar-refractivity contribution in [2.24, 2.45) is 0 Å². The van der Waals surface area contributed by atoms with Gasteiger partial charge in [0.1, 0.15) is 0 Å². The topological polar surface area (TPSA) is 38.0 Å². The summed E-state index contributed by atoms with van der Waals surface area (Å²) in [5.74, 6) is 0. The molecule has 1 aromatic carbocycles. The molecule has 21 heavy (non-hydrogen) atoms. The van der Waals surface area contributed by atoms with Crippen LogP contribution in [0.1, 0.15) is 29.3 Å². The van der Waals surface area contributed by atoms with Crippen LogP contribution in [0, 0.1) is 6.92 Å². The van der Waals surface area contributed by atoms with Crippen LogP contribution in [0.3, 0.4) is 0 Å². The molecule has 0 spiro atoms. The molecule has 0 fully saturated rings. The van der Waals surface area contributed by atoms with Gasteiger partial charge in [0, 0.05) is 22.5 Å². The molecule has 0 aliphatic rings. The second kappa shape index (κ2) is 5.79. The molecule has 1 unspecified atom stereocenters. The van der Waals surface area contributed by atoms with Crippen LogP contribution in [-0.4, -0.2) is 14.9 Å². The van der Waals surface area contributed by atoms with E-state index in [1.165, 1.54) is 10.1 Å². The molecule has 0 aliphatic carbocycles. The molecule has 3 rings (SSSR count). The van der Waals surface area contributed by atoms with E-state index in [4.69, 9.17) is 11.6 Å². The summed E-state index contributed by atoms with van der Waals surface area (Å²) in [5.41, 5.74) is 1.72. The number of halogens is 1. The normalized spacial score (nSPS) is 13.0. The molecule has 0 saturated heterocycles. The van der Waals surface area contributed by atoms with Gasteiger partial charge in [-0.05, 0) is 31.4 Å². The lowest BCUT2D eigenvalue weighted by Gasteiger charge is -2.10. The highest BCUT2D eigenvalue weighted by atomic mass is 35.5. The zero-order valence-electron chi connectivity index (χ0n) is 12.0. The van der Waals surface area contributed by atoms with Crippen molar-refractivity contribution < 1.29 is 5.11 Å². The fourth-order valence-corrected chi connectivity index (χ4v) is 3.78. The summed E-state index contributed by atoms with van der Waals surface area (Å²) in [4.78, 5) is 0.966. The van der Waals surface area contributed by atoms with Gasteiger partial charge in [-0.2, -0.15) is 5.10 Å². The number of aryl methyl sites for hydroxylation is 2. The van der Waals surface area contributed by atoms with Crippen LogP contribution < -0.4 is 0 Å². The van der Waals surface area contributed by atoms with Gasteiger partial charge in [-0.15, -0.1) is 11.3 Å². The summed E-state index contributed by atoms with van der Waals surface area (Å²) in [6.07, 6.45) is -0.0679. The van der Waals surface area contributed by atoms with Crippen molar-refractivity contribution in [3.05, 3.63) is 51.6 Å². The van der Waals surface area contributed by atoms with Crippen LogP contribution in [0.2, 0.25) is 5.02 Å². The fraction of sp³-hybridized carbons (Fsp3) is 0.312. The Balaban J connectivity index is 1.91. The van der Waals surface area contributed by atoms with Crippen LogP contribution in [0.25, 0.3) is 10.1 Å². The predicted octanol–water partition coefficient (Wildman–Crippen LogP) is 4.36. The van der Waals surface area contributed by atoms with E-state index < -0.39 is 6.10 Å². The number of aliphatic hydroxyl groups is 1. The van der Waals surface area contributed by atoms with Crippen molar-refractivity contribution in [2.75, 3.05) is 0 Å². The monoisotopic (exact) mass is 320 g/mol. The first kappa shape index (κ1) is 14.6. The molecule has 0 saturated carbocycles. The van der Waals surface area contributed by atoms with Gasteiger partial charge in [-0.3, -0.25) is 4.68 Å². The van der Waals surface area contributed by atoms with Gasteiger partial charge in [0.25, 0.3) is 0 Å². The molecule has 1 N–H and O–H groups in total. The molecule has 0 bridgehead atoms. The van der Waals surface area contributed by atoms with E-state index >= 15 is 0 Å². The van der Waals surface area contributed by atoms with Crippen LogP contribution in [0.4, 0.5) is 0 Å². The van der Waals surface area contributed by atoms with Crippen molar-refractivity contribution >= 4 is 33.0 Å². The molecule has 0 amide bonds. The summed E-state index contributed by atoms with van der Waals surface area (Å²) in [6, 6.07) is 10.2. The highest BCUT2D eigenvalue weighted by molar-refractivity contribution is 7.19. The van der Waals surface area contributed by atoms with Crippen molar-refractivity contribution in [2.45, 2.75) is 32.9 Å². The minimum atomic E-state index is -0.554. The summed E-state index contributed by atoms with van der Waals surface area (Å²) >= 11 is 7.94. The zero-order valence-corrected chi connectivity index (χ0v) is 13.6. The van der Waals surface area contributed by atoms with Crippen molar-refractivity contribution in [3.8, 4) is 0 Å². The number of thiophene rings is 1. The standard InChI is InChI=1S/C16H17ClN2OS/c1-3-19-12(16(17)10(2)18-19)9-13(20)15-8-11-6-4-5-7-14(11)21-15/h4-8,13,20H,3,9H2,1-2H3. The molecule has 3 aromatic rings. The summed E-state index contributed by atoms with van der Waals surface area (Å²) < 4.78 is 3.06. The van der Waals surface area contributed by atoms with E-state index in [1.807, 2.05) is 30.7 Å². The highest BCUT2D eigenvalue weighted by Gasteiger charge is 2.19. The molecule has 0 radical (unpaired) electrons. The molecule has 5 heteroatoms. The van der Waals surface area contributed by atoms with Crippen LogP contribution in [0.15, 0.2) is 30.3 Å². The highest BCUT2D eigenvalue weighted by Crippen LogP contribution is 2.33. The fourth-order valence-electron chi connectivity index (χ4n) is 2.51. The lowest BCUT2D eigenvalue weighted by Crippen LogP contribution is -2.08. The Hall–Kier alpha value is -1.36. The third-order valence-corrected chi connectivity index (χ3v) is 5.32. The van der Waals surface area contributed by atoms with Gasteiger partial charge in [0.15, 0.2) is 0 Å². The Morgan fingerprint density at radius 2 is 2.14 bits per heavy atom. The first-order chi connectivity index (χ1) is 10.1. The molecular weight excluding hydrogens is 304 g/mol. The average molecular weight is 321 g/mol. The van der Waals surface area contributed by atoms with Crippen LogP contribution in [-0.2, 0) is 13.0 Å². The lowest BCUT2D eigenvalue weighted by molar-refractivity contribution is 0.179. The number of hydrogen-bond donors (Lipinski definition) is 1. The van der Waals surface area contributed by atoms with Gasteiger partial charge in [0.05, 0.1) is 22.5 Å². The van der Waals surface area contributed by atoms with E-state index in [-0.39, 0.29) is 0 Å². The SMILES string of the molecule is CCn1nc(C)c(Cl)c1CC(O)c1cc2ccccc2s1. The number of aliphatic hydroxyl groups excluding tert-OH is 1. The Kier molecular flexibility index (Phi) is 4.02. The first-order valence-electron chi connectivity index (χ1n) is 6.98. The molecule has 3 nitrogen and oxygen atoms in total. The molecule has 0 aliphatic heterocycles. The number of fused-ring (bicyclic) bond motifs is 1. The number of rotatable bonds is 4. The second-order valence-electron chi connectivity index (χ2n) is 5.07. The minimum absolute atomic E-state index is 0.486. The maximum atomic E-state index is 10.5. The number of nitrogens with zero attached hydrogens (tertiary/aromatic N) is 2. The third kappa shape index (κ3) is 2.71. The van der Waals surface area contributed by atoms with E-state index in [2.05, 4.69) is 23.3 Å². The molecule has 1 atom stereocenters. The van der Waals surface area contributed by atoms with Crippen molar-refractivity contribution in [1.29, 1.82) is 0 Å². The van der Waals surface area contributed by atoms with Gasteiger partial charge in [-0.1, -0.05) is 29.8 Å². The van der Waals surface area contributed by atoms with Crippen LogP contribution >= 0.6 is 22.9 Å². The van der Waals surface area contributed by atoms with E-state index in [0.717, 1.165) is 22.8 Å². The quantitative estimate of drug-likeness (QED) is 0.775. The third-order valence-electron chi connectivity index (χ3n) is 3.61. The predicted molar refractivity (Wildman–Crippen MR) is 88.1 cm³/mol. The molecular formula is C16H17ClN2OS. The molecule has 2 aromatic heterocycles. The number of aromatic nitrogens is 2.